The molecule has 1 aromatic heterocycles. The van der Waals surface area contributed by atoms with Gasteiger partial charge in [0.1, 0.15) is 5.82 Å². The summed E-state index contributed by atoms with van der Waals surface area (Å²) in [5.41, 5.74) is 0.325. The lowest BCUT2D eigenvalue weighted by molar-refractivity contribution is 0.768. The summed E-state index contributed by atoms with van der Waals surface area (Å²) in [4.78, 5) is 25.5. The average Bonchev–Trinajstić information content (AvgIpc) is 2.37. The molecule has 94 valence electrons. The van der Waals surface area contributed by atoms with Crippen molar-refractivity contribution in [3.63, 3.8) is 0 Å². The first-order valence-corrected chi connectivity index (χ1v) is 5.70. The van der Waals surface area contributed by atoms with E-state index in [-0.39, 0.29) is 11.6 Å². The molecule has 5 heteroatoms. The molecule has 0 saturated heterocycles. The second-order valence-corrected chi connectivity index (χ2v) is 4.16. The van der Waals surface area contributed by atoms with Crippen LogP contribution in [0, 0.1) is 0 Å². The van der Waals surface area contributed by atoms with Gasteiger partial charge >= 0.3 is 5.69 Å². The van der Waals surface area contributed by atoms with Crippen LogP contribution in [-0.4, -0.2) is 9.55 Å². The second kappa shape index (κ2) is 4.91. The zero-order valence-electron chi connectivity index (χ0n) is 10.3. The topological polar surface area (TPSA) is 66.9 Å². The van der Waals surface area contributed by atoms with E-state index >= 15 is 0 Å². The van der Waals surface area contributed by atoms with Crippen LogP contribution in [0.15, 0.2) is 46.0 Å². The van der Waals surface area contributed by atoms with E-state index in [1.807, 2.05) is 37.3 Å². The fraction of sp³-hybridized carbons (Fsp3) is 0.231. The van der Waals surface area contributed by atoms with Crippen molar-refractivity contribution >= 4 is 5.82 Å². The summed E-state index contributed by atoms with van der Waals surface area (Å²) in [5, 5.41) is 3.10. The Kier molecular flexibility index (Phi) is 3.32. The van der Waals surface area contributed by atoms with Crippen molar-refractivity contribution < 1.29 is 0 Å². The maximum atomic E-state index is 11.5. The molecule has 2 rings (SSSR count). The van der Waals surface area contributed by atoms with Crippen LogP contribution in [0.3, 0.4) is 0 Å². The third-order valence-electron chi connectivity index (χ3n) is 2.82. The molecule has 5 nitrogen and oxygen atoms in total. The minimum absolute atomic E-state index is 0.00829. The Morgan fingerprint density at radius 2 is 1.89 bits per heavy atom. The lowest BCUT2D eigenvalue weighted by Gasteiger charge is -2.15. The van der Waals surface area contributed by atoms with Crippen LogP contribution < -0.4 is 16.6 Å². The molecule has 0 fully saturated rings. The highest BCUT2D eigenvalue weighted by Crippen LogP contribution is 2.15. The van der Waals surface area contributed by atoms with Crippen LogP contribution in [0.1, 0.15) is 18.5 Å². The van der Waals surface area contributed by atoms with Gasteiger partial charge in [0.25, 0.3) is 5.56 Å². The van der Waals surface area contributed by atoms with E-state index in [0.717, 1.165) is 10.1 Å². The molecule has 0 saturated carbocycles. The molecule has 0 spiro atoms. The third-order valence-corrected chi connectivity index (χ3v) is 2.82. The van der Waals surface area contributed by atoms with Crippen LogP contribution in [0.2, 0.25) is 0 Å². The first-order valence-electron chi connectivity index (χ1n) is 5.70. The fourth-order valence-corrected chi connectivity index (χ4v) is 1.69. The number of nitrogens with one attached hydrogen (secondary N) is 2. The van der Waals surface area contributed by atoms with Gasteiger partial charge in [-0.15, -0.1) is 0 Å². The maximum Gasteiger partial charge on any atom is 0.329 e. The van der Waals surface area contributed by atoms with Gasteiger partial charge in [0.2, 0.25) is 0 Å². The van der Waals surface area contributed by atoms with Gasteiger partial charge in [0, 0.05) is 19.2 Å². The first kappa shape index (κ1) is 12.2. The van der Waals surface area contributed by atoms with E-state index in [9.17, 15) is 9.59 Å². The Morgan fingerprint density at radius 3 is 2.50 bits per heavy atom. The standard InChI is InChI=1S/C13H15N3O2/c1-9(10-6-4-3-5-7-10)14-11-8-12(17)16(2)13(18)15-11/h3-9,14H,1-2H3,(H,15,18)/t9-/m1/s1. The van der Waals surface area contributed by atoms with E-state index in [1.54, 1.807) is 0 Å². The Balaban J connectivity index is 2.25. The quantitative estimate of drug-likeness (QED) is 0.855. The number of H-pyrrole nitrogens is 1. The van der Waals surface area contributed by atoms with Gasteiger partial charge in [-0.2, -0.15) is 0 Å². The first-order chi connectivity index (χ1) is 8.58. The van der Waals surface area contributed by atoms with Crippen LogP contribution in [0.4, 0.5) is 5.82 Å². The zero-order chi connectivity index (χ0) is 13.1. The van der Waals surface area contributed by atoms with Crippen LogP contribution in [0.5, 0.6) is 0 Å². The number of rotatable bonds is 3. The SMILES string of the molecule is C[C@@H](Nc1cc(=O)n(C)c(=O)[nH]1)c1ccccc1. The fourth-order valence-electron chi connectivity index (χ4n) is 1.69. The molecule has 0 aliphatic carbocycles. The number of aromatic amines is 1. The van der Waals surface area contributed by atoms with Crippen LogP contribution >= 0.6 is 0 Å². The smallest absolute Gasteiger partial charge is 0.329 e. The zero-order valence-corrected chi connectivity index (χ0v) is 10.3. The van der Waals surface area contributed by atoms with Gasteiger partial charge in [-0.05, 0) is 12.5 Å². The van der Waals surface area contributed by atoms with E-state index in [1.165, 1.54) is 13.1 Å². The van der Waals surface area contributed by atoms with E-state index in [0.29, 0.717) is 5.82 Å². The molecule has 0 radical (unpaired) electrons. The van der Waals surface area contributed by atoms with Crippen molar-refractivity contribution in [2.75, 3.05) is 5.32 Å². The summed E-state index contributed by atoms with van der Waals surface area (Å²) in [6.07, 6.45) is 0. The van der Waals surface area contributed by atoms with E-state index < -0.39 is 5.69 Å². The summed E-state index contributed by atoms with van der Waals surface area (Å²) in [6, 6.07) is 11.2. The van der Waals surface area contributed by atoms with Gasteiger partial charge in [-0.3, -0.25) is 14.3 Å². The number of nitrogens with zero attached hydrogens (tertiary/aromatic N) is 1. The van der Waals surface area contributed by atoms with Gasteiger partial charge in [-0.1, -0.05) is 30.3 Å². The number of aromatic nitrogens is 2. The second-order valence-electron chi connectivity index (χ2n) is 4.16. The lowest BCUT2D eigenvalue weighted by atomic mass is 10.1. The monoisotopic (exact) mass is 245 g/mol. The Morgan fingerprint density at radius 1 is 1.22 bits per heavy atom. The molecular weight excluding hydrogens is 230 g/mol. The predicted molar refractivity (Wildman–Crippen MR) is 70.8 cm³/mol. The highest BCUT2D eigenvalue weighted by molar-refractivity contribution is 5.36. The van der Waals surface area contributed by atoms with Gasteiger partial charge < -0.3 is 5.32 Å². The minimum Gasteiger partial charge on any atom is -0.365 e. The van der Waals surface area contributed by atoms with Gasteiger partial charge in [-0.25, -0.2) is 4.79 Å². The summed E-state index contributed by atoms with van der Waals surface area (Å²) >= 11 is 0. The van der Waals surface area contributed by atoms with Gasteiger partial charge in [0.15, 0.2) is 0 Å². The molecule has 0 aliphatic heterocycles. The number of hydrogen-bond acceptors (Lipinski definition) is 3. The molecule has 2 N–H and O–H groups in total. The summed E-state index contributed by atoms with van der Waals surface area (Å²) in [7, 11) is 1.44. The van der Waals surface area contributed by atoms with E-state index in [4.69, 9.17) is 0 Å². The number of anilines is 1. The average molecular weight is 245 g/mol. The predicted octanol–water partition coefficient (Wildman–Crippen LogP) is 1.25. The van der Waals surface area contributed by atoms with Crippen molar-refractivity contribution in [3.05, 3.63) is 62.8 Å². The highest BCUT2D eigenvalue weighted by atomic mass is 16.2. The third kappa shape index (κ3) is 2.51. The molecule has 1 atom stereocenters. The van der Waals surface area contributed by atoms with E-state index in [2.05, 4.69) is 10.3 Å². The molecule has 1 heterocycles. The number of benzene rings is 1. The number of hydrogen-bond donors (Lipinski definition) is 2. The maximum absolute atomic E-state index is 11.5. The summed E-state index contributed by atoms with van der Waals surface area (Å²) < 4.78 is 1.03. The largest absolute Gasteiger partial charge is 0.365 e. The van der Waals surface area contributed by atoms with Crippen LogP contribution in [0.25, 0.3) is 0 Å². The van der Waals surface area contributed by atoms with Crippen molar-refractivity contribution in [3.8, 4) is 0 Å². The van der Waals surface area contributed by atoms with Crippen molar-refractivity contribution in [2.45, 2.75) is 13.0 Å². The molecule has 0 aliphatic rings. The van der Waals surface area contributed by atoms with Crippen molar-refractivity contribution in [1.29, 1.82) is 0 Å². The van der Waals surface area contributed by atoms with Crippen molar-refractivity contribution in [1.82, 2.24) is 9.55 Å². The van der Waals surface area contributed by atoms with Crippen LogP contribution in [-0.2, 0) is 7.05 Å². The highest BCUT2D eigenvalue weighted by Gasteiger charge is 2.06. The molecule has 2 aromatic rings. The normalized spacial score (nSPS) is 12.1. The van der Waals surface area contributed by atoms with Gasteiger partial charge in [0.05, 0.1) is 0 Å². The molecule has 0 amide bonds. The summed E-state index contributed by atoms with van der Waals surface area (Å²) in [5.74, 6) is 0.430. The van der Waals surface area contributed by atoms with Crippen molar-refractivity contribution in [2.24, 2.45) is 7.05 Å². The molecular formula is C13H15N3O2. The lowest BCUT2D eigenvalue weighted by Crippen LogP contribution is -2.32. The molecule has 0 bridgehead atoms. The molecule has 0 unspecified atom stereocenters. The summed E-state index contributed by atoms with van der Waals surface area (Å²) in [6.45, 7) is 1.96. The Hall–Kier alpha value is -2.30. The molecule has 1 aromatic carbocycles. The Bertz CT molecular complexity index is 612. The Labute approximate surface area is 104 Å². The minimum atomic E-state index is -0.426. The molecule has 18 heavy (non-hydrogen) atoms.